The van der Waals surface area contributed by atoms with E-state index in [1.54, 1.807) is 6.08 Å². The number of hydrogen-bond donors (Lipinski definition) is 1. The van der Waals surface area contributed by atoms with E-state index >= 15 is 0 Å². The number of aryl methyl sites for hydroxylation is 1. The molecule has 2 rings (SSSR count). The Labute approximate surface area is 121 Å². The van der Waals surface area contributed by atoms with Gasteiger partial charge in [-0.05, 0) is 48.0 Å². The lowest BCUT2D eigenvalue weighted by Gasteiger charge is -2.19. The number of amides is 1. The summed E-state index contributed by atoms with van der Waals surface area (Å²) in [4.78, 5) is 11.7. The van der Waals surface area contributed by atoms with Gasteiger partial charge in [0.05, 0.1) is 0 Å². The lowest BCUT2D eigenvalue weighted by Crippen LogP contribution is -2.25. The normalized spacial score (nSPS) is 14.8. The molecule has 0 aromatic heterocycles. The van der Waals surface area contributed by atoms with Crippen LogP contribution >= 0.6 is 0 Å². The predicted octanol–water partition coefficient (Wildman–Crippen LogP) is 3.73. The quantitative estimate of drug-likeness (QED) is 0.829. The summed E-state index contributed by atoms with van der Waals surface area (Å²) in [7, 11) is 0. The molecule has 2 heteroatoms. The van der Waals surface area contributed by atoms with E-state index in [0.717, 1.165) is 19.4 Å². The second kappa shape index (κ2) is 6.56. The van der Waals surface area contributed by atoms with E-state index in [1.807, 2.05) is 6.08 Å². The maximum absolute atomic E-state index is 11.7. The van der Waals surface area contributed by atoms with Crippen molar-refractivity contribution in [2.24, 2.45) is 5.92 Å². The molecule has 0 saturated carbocycles. The van der Waals surface area contributed by atoms with Crippen molar-refractivity contribution < 1.29 is 4.79 Å². The molecule has 0 heterocycles. The van der Waals surface area contributed by atoms with E-state index in [1.165, 1.54) is 22.3 Å². The van der Waals surface area contributed by atoms with E-state index in [2.05, 4.69) is 50.4 Å². The molecule has 0 aliphatic heterocycles. The summed E-state index contributed by atoms with van der Waals surface area (Å²) >= 11 is 0. The number of fused-ring (bicyclic) bond motifs is 1. The molecule has 0 saturated heterocycles. The van der Waals surface area contributed by atoms with Crippen LogP contribution in [0.1, 0.15) is 38.3 Å². The van der Waals surface area contributed by atoms with Gasteiger partial charge in [-0.2, -0.15) is 0 Å². The highest BCUT2D eigenvalue weighted by Crippen LogP contribution is 2.31. The van der Waals surface area contributed by atoms with Crippen molar-refractivity contribution in [2.45, 2.75) is 33.6 Å². The van der Waals surface area contributed by atoms with Crippen LogP contribution in [-0.4, -0.2) is 12.5 Å². The van der Waals surface area contributed by atoms with Crippen LogP contribution < -0.4 is 5.32 Å². The molecular weight excluding hydrogens is 246 g/mol. The number of benzene rings is 1. The van der Waals surface area contributed by atoms with Crippen LogP contribution in [-0.2, 0) is 11.2 Å². The minimum Gasteiger partial charge on any atom is -0.352 e. The van der Waals surface area contributed by atoms with Gasteiger partial charge in [-0.15, -0.1) is 0 Å². The molecule has 1 aromatic carbocycles. The fourth-order valence-corrected chi connectivity index (χ4v) is 2.48. The zero-order chi connectivity index (χ0) is 14.5. The number of carbonyl (C=O) groups is 1. The van der Waals surface area contributed by atoms with Gasteiger partial charge in [0.1, 0.15) is 0 Å². The van der Waals surface area contributed by atoms with E-state index < -0.39 is 0 Å². The van der Waals surface area contributed by atoms with Gasteiger partial charge in [-0.25, -0.2) is 0 Å². The first-order valence-corrected chi connectivity index (χ1v) is 7.32. The summed E-state index contributed by atoms with van der Waals surface area (Å²) in [6.07, 6.45) is 5.70. The Morgan fingerprint density at radius 3 is 2.80 bits per heavy atom. The maximum atomic E-state index is 11.7. The van der Waals surface area contributed by atoms with Crippen LogP contribution in [0.4, 0.5) is 0 Å². The average molecular weight is 269 g/mol. The fourth-order valence-electron chi connectivity index (χ4n) is 2.48. The molecule has 1 N–H and O–H groups in total. The molecule has 0 unspecified atom stereocenters. The van der Waals surface area contributed by atoms with Crippen molar-refractivity contribution in [1.29, 1.82) is 0 Å². The van der Waals surface area contributed by atoms with Gasteiger partial charge in [0, 0.05) is 12.6 Å². The van der Waals surface area contributed by atoms with Gasteiger partial charge in [0.25, 0.3) is 0 Å². The highest BCUT2D eigenvalue weighted by atomic mass is 16.1. The van der Waals surface area contributed by atoms with Crippen LogP contribution in [0.5, 0.6) is 0 Å². The standard InChI is InChI=1S/C18H23NO/c1-13(2)12-19-18(20)11-10-15-8-9-16-6-4-5-7-17(16)14(15)3/h4-7,10-11,13H,8-9,12H2,1-3H3,(H,19,20)/b11-10+. The highest BCUT2D eigenvalue weighted by Gasteiger charge is 2.13. The number of allylic oxidation sites excluding steroid dienone is 3. The fraction of sp³-hybridized carbons (Fsp3) is 0.389. The first kappa shape index (κ1) is 14.6. The van der Waals surface area contributed by atoms with Crippen molar-refractivity contribution in [3.8, 4) is 0 Å². The van der Waals surface area contributed by atoms with Crippen LogP contribution in [0.3, 0.4) is 0 Å². The van der Waals surface area contributed by atoms with Crippen molar-refractivity contribution in [3.63, 3.8) is 0 Å². The third kappa shape index (κ3) is 3.60. The van der Waals surface area contributed by atoms with E-state index in [0.29, 0.717) is 5.92 Å². The van der Waals surface area contributed by atoms with Crippen LogP contribution in [0.2, 0.25) is 0 Å². The summed E-state index contributed by atoms with van der Waals surface area (Å²) < 4.78 is 0. The molecular formula is C18H23NO. The zero-order valence-corrected chi connectivity index (χ0v) is 12.6. The maximum Gasteiger partial charge on any atom is 0.243 e. The Balaban J connectivity index is 2.08. The average Bonchev–Trinajstić information content (AvgIpc) is 2.44. The third-order valence-corrected chi connectivity index (χ3v) is 3.69. The summed E-state index contributed by atoms with van der Waals surface area (Å²) in [5.74, 6) is 0.479. The molecule has 0 atom stereocenters. The monoisotopic (exact) mass is 269 g/mol. The van der Waals surface area contributed by atoms with Crippen molar-refractivity contribution in [1.82, 2.24) is 5.32 Å². The van der Waals surface area contributed by atoms with Gasteiger partial charge in [0.2, 0.25) is 5.91 Å². The summed E-state index contributed by atoms with van der Waals surface area (Å²) in [5, 5.41) is 2.91. The van der Waals surface area contributed by atoms with Crippen LogP contribution in [0, 0.1) is 5.92 Å². The lowest BCUT2D eigenvalue weighted by molar-refractivity contribution is -0.116. The lowest BCUT2D eigenvalue weighted by atomic mass is 9.86. The number of carbonyl (C=O) groups excluding carboxylic acids is 1. The molecule has 2 nitrogen and oxygen atoms in total. The molecule has 1 aromatic rings. The smallest absolute Gasteiger partial charge is 0.243 e. The van der Waals surface area contributed by atoms with Gasteiger partial charge >= 0.3 is 0 Å². The summed E-state index contributed by atoms with van der Waals surface area (Å²) in [6.45, 7) is 7.05. The Kier molecular flexibility index (Phi) is 4.78. The number of rotatable bonds is 4. The van der Waals surface area contributed by atoms with Gasteiger partial charge in [-0.1, -0.05) is 44.2 Å². The molecule has 20 heavy (non-hydrogen) atoms. The second-order valence-corrected chi connectivity index (χ2v) is 5.78. The molecule has 1 aliphatic carbocycles. The van der Waals surface area contributed by atoms with Crippen molar-refractivity contribution in [2.75, 3.05) is 6.54 Å². The van der Waals surface area contributed by atoms with Gasteiger partial charge in [0.15, 0.2) is 0 Å². The first-order valence-electron chi connectivity index (χ1n) is 7.32. The summed E-state index contributed by atoms with van der Waals surface area (Å²) in [5.41, 5.74) is 5.29. The Morgan fingerprint density at radius 1 is 1.30 bits per heavy atom. The second-order valence-electron chi connectivity index (χ2n) is 5.78. The Hall–Kier alpha value is -1.83. The van der Waals surface area contributed by atoms with Gasteiger partial charge < -0.3 is 5.32 Å². The molecule has 106 valence electrons. The molecule has 1 amide bonds. The predicted molar refractivity (Wildman–Crippen MR) is 84.3 cm³/mol. The number of nitrogens with one attached hydrogen (secondary N) is 1. The third-order valence-electron chi connectivity index (χ3n) is 3.69. The molecule has 0 radical (unpaired) electrons. The van der Waals surface area contributed by atoms with E-state index in [4.69, 9.17) is 0 Å². The Morgan fingerprint density at radius 2 is 2.05 bits per heavy atom. The van der Waals surface area contributed by atoms with E-state index in [-0.39, 0.29) is 5.91 Å². The molecule has 0 spiro atoms. The number of hydrogen-bond acceptors (Lipinski definition) is 1. The van der Waals surface area contributed by atoms with Crippen molar-refractivity contribution in [3.05, 3.63) is 53.1 Å². The Bertz CT molecular complexity index is 552. The zero-order valence-electron chi connectivity index (χ0n) is 12.6. The minimum absolute atomic E-state index is 0.00198. The van der Waals surface area contributed by atoms with E-state index in [9.17, 15) is 4.79 Å². The molecule has 0 fully saturated rings. The highest BCUT2D eigenvalue weighted by molar-refractivity contribution is 5.88. The van der Waals surface area contributed by atoms with Crippen LogP contribution in [0.25, 0.3) is 5.57 Å². The molecule has 1 aliphatic rings. The van der Waals surface area contributed by atoms with Crippen LogP contribution in [0.15, 0.2) is 42.0 Å². The SMILES string of the molecule is CC1=C(/C=C/C(=O)NCC(C)C)CCc2ccccc21. The topological polar surface area (TPSA) is 29.1 Å². The van der Waals surface area contributed by atoms with Crippen molar-refractivity contribution >= 4 is 11.5 Å². The summed E-state index contributed by atoms with van der Waals surface area (Å²) in [6, 6.07) is 8.52. The largest absolute Gasteiger partial charge is 0.352 e. The first-order chi connectivity index (χ1) is 9.58. The minimum atomic E-state index is -0.00198. The van der Waals surface area contributed by atoms with Gasteiger partial charge in [-0.3, -0.25) is 4.79 Å². The molecule has 0 bridgehead atoms.